The molecular weight excluding hydrogens is 449 g/mol. The highest BCUT2D eigenvalue weighted by atomic mass is 127. The minimum Gasteiger partial charge on any atom is -0.383 e. The molecule has 0 aliphatic rings. The van der Waals surface area contributed by atoms with E-state index in [2.05, 4.69) is 20.9 Å². The molecule has 0 saturated heterocycles. The number of hydrogen-bond acceptors (Lipinski definition) is 4. The largest absolute Gasteiger partial charge is 0.383 e. The van der Waals surface area contributed by atoms with Crippen LogP contribution in [0.2, 0.25) is 0 Å². The summed E-state index contributed by atoms with van der Waals surface area (Å²) in [5.74, 6) is -0.210. The van der Waals surface area contributed by atoms with Gasteiger partial charge >= 0.3 is 0 Å². The number of guanidine groups is 1. The second-order valence-electron chi connectivity index (χ2n) is 5.54. The molecule has 0 aliphatic carbocycles. The number of nitrogens with two attached hydrogens (primary N) is 1. The van der Waals surface area contributed by atoms with E-state index in [9.17, 15) is 9.59 Å². The summed E-state index contributed by atoms with van der Waals surface area (Å²) in [7, 11) is 1.66. The number of aliphatic imine (C=N–C) groups is 1. The van der Waals surface area contributed by atoms with Crippen molar-refractivity contribution >= 4 is 41.8 Å². The van der Waals surface area contributed by atoms with Crippen molar-refractivity contribution in [2.75, 3.05) is 26.8 Å². The number of hydrogen-bond donors (Lipinski definition) is 4. The number of rotatable bonds is 9. The van der Waals surface area contributed by atoms with E-state index < -0.39 is 5.91 Å². The third-order valence-electron chi connectivity index (χ3n) is 3.20. The maximum absolute atomic E-state index is 11.8. The fraction of sp³-hybridized carbons (Fsp3) is 0.471. The van der Waals surface area contributed by atoms with E-state index in [1.807, 2.05) is 26.0 Å². The molecule has 1 unspecified atom stereocenters. The number of halogens is 1. The van der Waals surface area contributed by atoms with Gasteiger partial charge in [0.1, 0.15) is 0 Å². The van der Waals surface area contributed by atoms with Crippen LogP contribution < -0.4 is 21.7 Å². The average Bonchev–Trinajstić information content (AvgIpc) is 2.58. The summed E-state index contributed by atoms with van der Waals surface area (Å²) in [6, 6.07) is 7.17. The molecular formula is C17H28IN5O3. The van der Waals surface area contributed by atoms with Crippen LogP contribution in [0.4, 0.5) is 0 Å². The Bertz CT molecular complexity index is 593. The number of nitrogens with one attached hydrogen (secondary N) is 3. The third kappa shape index (κ3) is 9.56. The van der Waals surface area contributed by atoms with Crippen LogP contribution in [0.15, 0.2) is 29.3 Å². The van der Waals surface area contributed by atoms with Crippen molar-refractivity contribution in [3.8, 4) is 0 Å². The lowest BCUT2D eigenvalue weighted by atomic mass is 10.1. The Morgan fingerprint density at radius 3 is 2.42 bits per heavy atom. The van der Waals surface area contributed by atoms with E-state index in [-0.39, 0.29) is 42.5 Å². The summed E-state index contributed by atoms with van der Waals surface area (Å²) >= 11 is 0. The molecule has 1 atom stereocenters. The number of amides is 2. The molecule has 146 valence electrons. The highest BCUT2D eigenvalue weighted by molar-refractivity contribution is 14.0. The van der Waals surface area contributed by atoms with Gasteiger partial charge in [-0.15, -0.1) is 24.0 Å². The highest BCUT2D eigenvalue weighted by Gasteiger charge is 2.07. The first kappa shape index (κ1) is 24.1. The first-order valence-electron chi connectivity index (χ1n) is 8.15. The second kappa shape index (κ2) is 13.3. The molecule has 0 bridgehead atoms. The molecule has 0 fully saturated rings. The van der Waals surface area contributed by atoms with Crippen molar-refractivity contribution in [3.63, 3.8) is 0 Å². The van der Waals surface area contributed by atoms with Crippen molar-refractivity contribution < 1.29 is 14.3 Å². The molecule has 5 N–H and O–H groups in total. The Hall–Kier alpha value is -1.88. The molecule has 0 spiro atoms. The highest BCUT2D eigenvalue weighted by Crippen LogP contribution is 2.06. The van der Waals surface area contributed by atoms with Crippen LogP contribution in [-0.2, 0) is 16.1 Å². The molecule has 0 saturated carbocycles. The van der Waals surface area contributed by atoms with Gasteiger partial charge in [0.05, 0.1) is 19.7 Å². The lowest BCUT2D eigenvalue weighted by molar-refractivity contribution is -0.117. The fourth-order valence-electron chi connectivity index (χ4n) is 2.05. The van der Waals surface area contributed by atoms with Crippen LogP contribution >= 0.6 is 24.0 Å². The number of carbonyl (C=O) groups is 2. The molecule has 0 aromatic heterocycles. The quantitative estimate of drug-likeness (QED) is 0.236. The lowest BCUT2D eigenvalue weighted by Gasteiger charge is -2.17. The molecule has 0 heterocycles. The summed E-state index contributed by atoms with van der Waals surface area (Å²) in [5, 5.41) is 8.87. The van der Waals surface area contributed by atoms with Gasteiger partial charge in [-0.05, 0) is 31.5 Å². The summed E-state index contributed by atoms with van der Waals surface area (Å²) in [6.45, 7) is 5.64. The van der Waals surface area contributed by atoms with Crippen molar-refractivity contribution in [1.82, 2.24) is 16.0 Å². The van der Waals surface area contributed by atoms with Gasteiger partial charge in [-0.3, -0.25) is 9.59 Å². The summed E-state index contributed by atoms with van der Waals surface area (Å²) < 4.78 is 5.10. The number of ether oxygens (including phenoxy) is 1. The van der Waals surface area contributed by atoms with Crippen molar-refractivity contribution in [2.45, 2.75) is 26.4 Å². The predicted octanol–water partition coefficient (Wildman–Crippen LogP) is 0.610. The lowest BCUT2D eigenvalue weighted by Crippen LogP contribution is -2.43. The van der Waals surface area contributed by atoms with E-state index in [0.717, 1.165) is 12.1 Å². The number of carbonyl (C=O) groups excluding carboxylic acids is 2. The van der Waals surface area contributed by atoms with Gasteiger partial charge < -0.3 is 26.4 Å². The summed E-state index contributed by atoms with van der Waals surface area (Å²) in [6.07, 6.45) is 0. The van der Waals surface area contributed by atoms with Crippen LogP contribution in [0, 0.1) is 0 Å². The van der Waals surface area contributed by atoms with Crippen LogP contribution in [0.5, 0.6) is 0 Å². The molecule has 1 aromatic carbocycles. The molecule has 26 heavy (non-hydrogen) atoms. The van der Waals surface area contributed by atoms with Gasteiger partial charge in [-0.25, -0.2) is 4.99 Å². The topological polar surface area (TPSA) is 118 Å². The van der Waals surface area contributed by atoms with Crippen LogP contribution in [0.25, 0.3) is 0 Å². The zero-order valence-corrected chi connectivity index (χ0v) is 17.7. The summed E-state index contributed by atoms with van der Waals surface area (Å²) in [4.78, 5) is 27.0. The van der Waals surface area contributed by atoms with E-state index >= 15 is 0 Å². The van der Waals surface area contributed by atoms with Gasteiger partial charge in [-0.2, -0.15) is 0 Å². The second-order valence-corrected chi connectivity index (χ2v) is 5.54. The Morgan fingerprint density at radius 1 is 1.23 bits per heavy atom. The Balaban J connectivity index is 0.00000625. The first-order valence-corrected chi connectivity index (χ1v) is 8.15. The number of benzene rings is 1. The summed E-state index contributed by atoms with van der Waals surface area (Å²) in [5.41, 5.74) is 6.43. The molecule has 0 aliphatic heterocycles. The average molecular weight is 477 g/mol. The normalized spacial score (nSPS) is 11.9. The monoisotopic (exact) mass is 477 g/mol. The Kier molecular flexibility index (Phi) is 12.4. The van der Waals surface area contributed by atoms with Gasteiger partial charge in [0.15, 0.2) is 5.96 Å². The zero-order valence-electron chi connectivity index (χ0n) is 15.4. The van der Waals surface area contributed by atoms with Crippen LogP contribution in [0.3, 0.4) is 0 Å². The standard InChI is InChI=1S/C17H27N5O3.HI/c1-4-19-17(22-12(2)11-25-3)21-9-13-5-7-14(8-6-13)16(24)20-10-15(18)23;/h5-8,12H,4,9-11H2,1-3H3,(H2,18,23)(H,20,24)(H2,19,21,22);1H. The maximum Gasteiger partial charge on any atom is 0.251 e. The minimum atomic E-state index is -0.578. The van der Waals surface area contributed by atoms with Crippen molar-refractivity contribution in [2.24, 2.45) is 10.7 Å². The molecule has 1 rings (SSSR count). The Labute approximate surface area is 171 Å². The zero-order chi connectivity index (χ0) is 18.7. The molecule has 9 heteroatoms. The van der Waals surface area contributed by atoms with E-state index in [0.29, 0.717) is 24.7 Å². The fourth-order valence-corrected chi connectivity index (χ4v) is 2.05. The Morgan fingerprint density at radius 2 is 1.88 bits per heavy atom. The van der Waals surface area contributed by atoms with E-state index in [1.54, 1.807) is 19.2 Å². The van der Waals surface area contributed by atoms with Gasteiger partial charge in [-0.1, -0.05) is 12.1 Å². The van der Waals surface area contributed by atoms with Gasteiger partial charge in [0.25, 0.3) is 5.91 Å². The van der Waals surface area contributed by atoms with Crippen molar-refractivity contribution in [1.29, 1.82) is 0 Å². The molecule has 1 aromatic rings. The van der Waals surface area contributed by atoms with Crippen LogP contribution in [0.1, 0.15) is 29.8 Å². The van der Waals surface area contributed by atoms with Gasteiger partial charge in [0, 0.05) is 25.3 Å². The minimum absolute atomic E-state index is 0. The molecule has 8 nitrogen and oxygen atoms in total. The number of primary amides is 1. The number of methoxy groups -OCH3 is 1. The molecule has 2 amide bonds. The predicted molar refractivity (Wildman–Crippen MR) is 113 cm³/mol. The SMILES string of the molecule is CCNC(=NCc1ccc(C(=O)NCC(N)=O)cc1)NC(C)COC.I. The maximum atomic E-state index is 11.8. The third-order valence-corrected chi connectivity index (χ3v) is 3.20. The van der Waals surface area contributed by atoms with E-state index in [1.165, 1.54) is 0 Å². The van der Waals surface area contributed by atoms with Gasteiger partial charge in [0.2, 0.25) is 5.91 Å². The van der Waals surface area contributed by atoms with Crippen molar-refractivity contribution in [3.05, 3.63) is 35.4 Å². The number of nitrogens with zero attached hydrogens (tertiary/aromatic N) is 1. The van der Waals surface area contributed by atoms with Crippen LogP contribution in [-0.4, -0.2) is 50.6 Å². The first-order chi connectivity index (χ1) is 12.0. The van der Waals surface area contributed by atoms with E-state index in [4.69, 9.17) is 10.5 Å². The smallest absolute Gasteiger partial charge is 0.251 e. The molecule has 0 radical (unpaired) electrons.